The molecule has 148 valence electrons. The van der Waals surface area contributed by atoms with Crippen molar-refractivity contribution in [3.8, 4) is 0 Å². The summed E-state index contributed by atoms with van der Waals surface area (Å²) in [6, 6.07) is 24.4. The average Bonchev–Trinajstić information content (AvgIpc) is 2.84. The zero-order chi connectivity index (χ0) is 20.3. The predicted molar refractivity (Wildman–Crippen MR) is 119 cm³/mol. The van der Waals surface area contributed by atoms with Crippen molar-refractivity contribution in [2.45, 2.75) is 6.04 Å². The van der Waals surface area contributed by atoms with Gasteiger partial charge in [-0.25, -0.2) is 4.98 Å². The summed E-state index contributed by atoms with van der Waals surface area (Å²) in [6.45, 7) is 2.51. The molecule has 0 spiro atoms. The molecule has 1 aliphatic rings. The van der Waals surface area contributed by atoms with Crippen LogP contribution < -0.4 is 10.2 Å². The van der Waals surface area contributed by atoms with E-state index in [-0.39, 0.29) is 11.8 Å². The van der Waals surface area contributed by atoms with E-state index in [2.05, 4.69) is 62.6 Å². The van der Waals surface area contributed by atoms with Crippen molar-refractivity contribution in [1.29, 1.82) is 0 Å². The van der Waals surface area contributed by atoms with Crippen LogP contribution in [0.4, 0.5) is 5.82 Å². The van der Waals surface area contributed by atoms with Gasteiger partial charge in [0.1, 0.15) is 11.5 Å². The van der Waals surface area contributed by atoms with Crippen molar-refractivity contribution in [1.82, 2.24) is 15.3 Å². The number of nitrogens with zero attached hydrogens (tertiary/aromatic N) is 3. The van der Waals surface area contributed by atoms with Gasteiger partial charge in [-0.15, -0.1) is 0 Å². The van der Waals surface area contributed by atoms with Crippen molar-refractivity contribution in [2.75, 3.05) is 24.5 Å². The van der Waals surface area contributed by atoms with Gasteiger partial charge in [0.05, 0.1) is 0 Å². The lowest BCUT2D eigenvalue weighted by molar-refractivity contribution is 0.103. The average molecular weight is 394 g/mol. The van der Waals surface area contributed by atoms with Gasteiger partial charge in [0.2, 0.25) is 5.78 Å². The Kier molecular flexibility index (Phi) is 4.95. The monoisotopic (exact) mass is 394 g/mol. The summed E-state index contributed by atoms with van der Waals surface area (Å²) >= 11 is 0. The van der Waals surface area contributed by atoms with E-state index in [1.54, 1.807) is 30.6 Å². The molecule has 5 nitrogen and oxygen atoms in total. The van der Waals surface area contributed by atoms with Gasteiger partial charge in [-0.3, -0.25) is 9.78 Å². The highest BCUT2D eigenvalue weighted by atomic mass is 16.1. The van der Waals surface area contributed by atoms with Crippen molar-refractivity contribution in [3.63, 3.8) is 0 Å². The second kappa shape index (κ2) is 8.05. The fourth-order valence-electron chi connectivity index (χ4n) is 3.98. The second-order valence-electron chi connectivity index (χ2n) is 7.51. The number of hydrogen-bond donors (Lipinski definition) is 1. The van der Waals surface area contributed by atoms with E-state index in [0.717, 1.165) is 25.5 Å². The number of rotatable bonds is 4. The normalized spacial score (nSPS) is 16.5. The molecule has 2 aromatic heterocycles. The number of piperazine rings is 1. The molecule has 0 amide bonds. The van der Waals surface area contributed by atoms with E-state index in [4.69, 9.17) is 0 Å². The standard InChI is InChI=1S/C25H22N4O/c30-25(21-7-4-12-26-16-21)22-8-3-9-24(28-22)29-14-13-27-23(17-29)20-11-10-18-5-1-2-6-19(18)15-20/h1-12,15-16,23,27H,13-14,17H2. The van der Waals surface area contributed by atoms with E-state index >= 15 is 0 Å². The maximum atomic E-state index is 12.8. The Bertz CT molecular complexity index is 1190. The van der Waals surface area contributed by atoms with Crippen LogP contribution in [0.3, 0.4) is 0 Å². The number of nitrogens with one attached hydrogen (secondary N) is 1. The zero-order valence-electron chi connectivity index (χ0n) is 16.5. The number of hydrogen-bond acceptors (Lipinski definition) is 5. The molecule has 2 aromatic carbocycles. The van der Waals surface area contributed by atoms with Crippen molar-refractivity contribution in [2.24, 2.45) is 0 Å². The van der Waals surface area contributed by atoms with Crippen LogP contribution in [-0.2, 0) is 0 Å². The topological polar surface area (TPSA) is 58.1 Å². The van der Waals surface area contributed by atoms with Gasteiger partial charge in [0.15, 0.2) is 0 Å². The van der Waals surface area contributed by atoms with E-state index < -0.39 is 0 Å². The Morgan fingerprint density at radius 3 is 2.73 bits per heavy atom. The van der Waals surface area contributed by atoms with Crippen molar-refractivity contribution < 1.29 is 4.79 Å². The lowest BCUT2D eigenvalue weighted by Crippen LogP contribution is -2.46. The Balaban J connectivity index is 1.38. The van der Waals surface area contributed by atoms with E-state index in [9.17, 15) is 4.79 Å². The van der Waals surface area contributed by atoms with E-state index in [1.165, 1.54) is 16.3 Å². The number of aromatic nitrogens is 2. The first-order chi connectivity index (χ1) is 14.8. The van der Waals surface area contributed by atoms with Crippen LogP contribution >= 0.6 is 0 Å². The fourth-order valence-corrected chi connectivity index (χ4v) is 3.98. The Labute approximate surface area is 175 Å². The van der Waals surface area contributed by atoms with Crippen LogP contribution in [0.2, 0.25) is 0 Å². The predicted octanol–water partition coefficient (Wildman–Crippen LogP) is 4.01. The number of carbonyl (C=O) groups excluding carboxylic acids is 1. The number of pyridine rings is 2. The van der Waals surface area contributed by atoms with Crippen LogP contribution in [0.5, 0.6) is 0 Å². The van der Waals surface area contributed by atoms with Crippen LogP contribution in [0.25, 0.3) is 10.8 Å². The summed E-state index contributed by atoms with van der Waals surface area (Å²) < 4.78 is 0. The molecule has 5 rings (SSSR count). The lowest BCUT2D eigenvalue weighted by Gasteiger charge is -2.35. The summed E-state index contributed by atoms with van der Waals surface area (Å²) in [6.07, 6.45) is 3.24. The minimum atomic E-state index is -0.105. The first-order valence-corrected chi connectivity index (χ1v) is 10.2. The lowest BCUT2D eigenvalue weighted by atomic mass is 10.00. The van der Waals surface area contributed by atoms with Gasteiger partial charge in [0.25, 0.3) is 0 Å². The number of ketones is 1. The van der Waals surface area contributed by atoms with Gasteiger partial charge in [0, 0.05) is 43.6 Å². The second-order valence-corrected chi connectivity index (χ2v) is 7.51. The van der Waals surface area contributed by atoms with Gasteiger partial charge < -0.3 is 10.2 Å². The maximum Gasteiger partial charge on any atom is 0.212 e. The van der Waals surface area contributed by atoms with Crippen LogP contribution in [0.1, 0.15) is 27.7 Å². The summed E-state index contributed by atoms with van der Waals surface area (Å²) in [5, 5.41) is 6.11. The fraction of sp³-hybridized carbons (Fsp3) is 0.160. The Morgan fingerprint density at radius 2 is 1.87 bits per heavy atom. The first kappa shape index (κ1) is 18.5. The highest BCUT2D eigenvalue weighted by Crippen LogP contribution is 2.25. The molecule has 1 saturated heterocycles. The molecule has 5 heteroatoms. The highest BCUT2D eigenvalue weighted by molar-refractivity contribution is 6.07. The summed E-state index contributed by atoms with van der Waals surface area (Å²) in [5.41, 5.74) is 2.26. The van der Waals surface area contributed by atoms with E-state index in [0.29, 0.717) is 11.3 Å². The number of benzene rings is 2. The Morgan fingerprint density at radius 1 is 0.967 bits per heavy atom. The van der Waals surface area contributed by atoms with Gasteiger partial charge >= 0.3 is 0 Å². The molecule has 4 aromatic rings. The first-order valence-electron chi connectivity index (χ1n) is 10.2. The molecule has 30 heavy (non-hydrogen) atoms. The molecule has 1 atom stereocenters. The van der Waals surface area contributed by atoms with Crippen LogP contribution in [0.15, 0.2) is 85.2 Å². The molecule has 0 radical (unpaired) electrons. The molecule has 1 fully saturated rings. The third-order valence-electron chi connectivity index (χ3n) is 5.57. The minimum Gasteiger partial charge on any atom is -0.353 e. The number of fused-ring (bicyclic) bond motifs is 1. The molecule has 3 heterocycles. The smallest absolute Gasteiger partial charge is 0.212 e. The molecule has 1 N–H and O–H groups in total. The highest BCUT2D eigenvalue weighted by Gasteiger charge is 2.23. The molecule has 1 unspecified atom stereocenters. The van der Waals surface area contributed by atoms with Crippen LogP contribution in [0, 0.1) is 0 Å². The summed E-state index contributed by atoms with van der Waals surface area (Å²) in [7, 11) is 0. The Hall–Kier alpha value is -3.57. The van der Waals surface area contributed by atoms with E-state index in [1.807, 2.05) is 12.1 Å². The molecular formula is C25H22N4O. The minimum absolute atomic E-state index is 0.105. The van der Waals surface area contributed by atoms with Gasteiger partial charge in [-0.05, 0) is 46.7 Å². The van der Waals surface area contributed by atoms with Crippen molar-refractivity contribution >= 4 is 22.4 Å². The molecule has 0 saturated carbocycles. The molecule has 0 bridgehead atoms. The third kappa shape index (κ3) is 3.67. The SMILES string of the molecule is O=C(c1cccnc1)c1cccc(N2CCNC(c3ccc4ccccc4c3)C2)n1. The van der Waals surface area contributed by atoms with Crippen molar-refractivity contribution in [3.05, 3.63) is 102 Å². The van der Waals surface area contributed by atoms with Crippen LogP contribution in [-0.4, -0.2) is 35.4 Å². The quantitative estimate of drug-likeness (QED) is 0.530. The maximum absolute atomic E-state index is 12.8. The number of anilines is 1. The summed E-state index contributed by atoms with van der Waals surface area (Å²) in [4.78, 5) is 23.7. The summed E-state index contributed by atoms with van der Waals surface area (Å²) in [5.74, 6) is 0.725. The zero-order valence-corrected chi connectivity index (χ0v) is 16.5. The molecule has 0 aliphatic carbocycles. The third-order valence-corrected chi connectivity index (χ3v) is 5.57. The largest absolute Gasteiger partial charge is 0.353 e. The molecule has 1 aliphatic heterocycles. The van der Waals surface area contributed by atoms with Gasteiger partial charge in [-0.1, -0.05) is 42.5 Å². The van der Waals surface area contributed by atoms with Gasteiger partial charge in [-0.2, -0.15) is 0 Å². The number of carbonyl (C=O) groups is 1. The molecular weight excluding hydrogens is 372 g/mol.